The van der Waals surface area contributed by atoms with Gasteiger partial charge in [-0.05, 0) is 48.7 Å². The lowest BCUT2D eigenvalue weighted by Crippen LogP contribution is -2.14. The van der Waals surface area contributed by atoms with E-state index >= 15 is 0 Å². The van der Waals surface area contributed by atoms with Crippen molar-refractivity contribution in [1.82, 2.24) is 4.98 Å². The number of benzene rings is 2. The minimum Gasteiger partial charge on any atom is -0.366 e. The maximum Gasteiger partial charge on any atom is 0.262 e. The molecule has 0 bridgehead atoms. The van der Waals surface area contributed by atoms with E-state index in [0.29, 0.717) is 23.6 Å². The van der Waals surface area contributed by atoms with Gasteiger partial charge in [-0.3, -0.25) is 4.72 Å². The van der Waals surface area contributed by atoms with Crippen LogP contribution < -0.4 is 10.0 Å². The molecule has 5 nitrogen and oxygen atoms in total. The molecule has 2 N–H and O–H groups in total. The van der Waals surface area contributed by atoms with E-state index in [9.17, 15) is 8.42 Å². The maximum atomic E-state index is 12.5. The molecule has 26 heavy (non-hydrogen) atoms. The summed E-state index contributed by atoms with van der Waals surface area (Å²) in [7, 11) is -3.63. The highest BCUT2D eigenvalue weighted by atomic mass is 32.2. The third-order valence-corrected chi connectivity index (χ3v) is 5.66. The van der Waals surface area contributed by atoms with Gasteiger partial charge in [-0.2, -0.15) is 0 Å². The maximum absolute atomic E-state index is 12.5. The third-order valence-electron chi connectivity index (χ3n) is 4.12. The molecule has 6 heteroatoms. The van der Waals surface area contributed by atoms with Crippen molar-refractivity contribution >= 4 is 21.5 Å². The second-order valence-corrected chi connectivity index (χ2v) is 7.73. The average molecular weight is 367 g/mol. The molecule has 2 aromatic carbocycles. The first-order valence-electron chi connectivity index (χ1n) is 8.28. The molecule has 3 aromatic rings. The van der Waals surface area contributed by atoms with Crippen LogP contribution in [0.5, 0.6) is 0 Å². The number of rotatable bonds is 6. The zero-order chi connectivity index (χ0) is 18.6. The number of aryl methyl sites for hydroxylation is 2. The Kier molecular flexibility index (Phi) is 5.23. The van der Waals surface area contributed by atoms with Gasteiger partial charge in [-0.1, -0.05) is 42.5 Å². The van der Waals surface area contributed by atoms with E-state index in [-0.39, 0.29) is 4.90 Å². The summed E-state index contributed by atoms with van der Waals surface area (Å²) in [6.45, 7) is 4.49. The summed E-state index contributed by atoms with van der Waals surface area (Å²) in [4.78, 5) is 4.55. The second kappa shape index (κ2) is 7.58. The van der Waals surface area contributed by atoms with Crippen molar-refractivity contribution in [3.8, 4) is 0 Å². The van der Waals surface area contributed by atoms with Gasteiger partial charge in [0.15, 0.2) is 0 Å². The summed E-state index contributed by atoms with van der Waals surface area (Å²) in [5, 5.41) is 3.24. The minimum atomic E-state index is -3.63. The normalized spacial score (nSPS) is 11.2. The summed E-state index contributed by atoms with van der Waals surface area (Å²) in [5.41, 5.74) is 3.53. The van der Waals surface area contributed by atoms with Crippen LogP contribution in [0.25, 0.3) is 0 Å². The summed E-state index contributed by atoms with van der Waals surface area (Å²) in [6, 6.07) is 18.5. The van der Waals surface area contributed by atoms with Gasteiger partial charge in [0.25, 0.3) is 10.0 Å². The van der Waals surface area contributed by atoms with E-state index in [2.05, 4.69) is 34.1 Å². The zero-order valence-corrected chi connectivity index (χ0v) is 15.5. The van der Waals surface area contributed by atoms with Gasteiger partial charge in [-0.25, -0.2) is 13.4 Å². The number of nitrogens with one attached hydrogen (secondary N) is 2. The van der Waals surface area contributed by atoms with Crippen LogP contribution in [0.15, 0.2) is 71.8 Å². The van der Waals surface area contributed by atoms with E-state index < -0.39 is 10.0 Å². The van der Waals surface area contributed by atoms with Crippen molar-refractivity contribution in [3.05, 3.63) is 83.6 Å². The van der Waals surface area contributed by atoms with Crippen molar-refractivity contribution in [2.75, 3.05) is 10.0 Å². The van der Waals surface area contributed by atoms with Crippen LogP contribution in [-0.2, 0) is 16.6 Å². The smallest absolute Gasteiger partial charge is 0.262 e. The van der Waals surface area contributed by atoms with E-state index in [1.54, 1.807) is 37.3 Å². The van der Waals surface area contributed by atoms with E-state index in [1.807, 2.05) is 18.2 Å². The first-order chi connectivity index (χ1) is 12.5. The van der Waals surface area contributed by atoms with Crippen molar-refractivity contribution in [2.45, 2.75) is 25.3 Å². The molecular weight excluding hydrogens is 346 g/mol. The Balaban J connectivity index is 1.68. The highest BCUT2D eigenvalue weighted by Crippen LogP contribution is 2.19. The number of nitrogens with zero attached hydrogens (tertiary/aromatic N) is 1. The Hall–Kier alpha value is -2.86. The Morgan fingerprint density at radius 2 is 1.58 bits per heavy atom. The van der Waals surface area contributed by atoms with Crippen LogP contribution >= 0.6 is 0 Å². The molecule has 134 valence electrons. The fourth-order valence-electron chi connectivity index (χ4n) is 2.62. The molecule has 0 saturated heterocycles. The van der Waals surface area contributed by atoms with Gasteiger partial charge >= 0.3 is 0 Å². The van der Waals surface area contributed by atoms with Crippen LogP contribution in [0.3, 0.4) is 0 Å². The van der Waals surface area contributed by atoms with Crippen LogP contribution in [0.1, 0.15) is 16.7 Å². The van der Waals surface area contributed by atoms with Gasteiger partial charge < -0.3 is 5.32 Å². The van der Waals surface area contributed by atoms with Crippen LogP contribution in [0.4, 0.5) is 11.5 Å². The molecule has 0 fully saturated rings. The number of aromatic nitrogens is 1. The summed E-state index contributed by atoms with van der Waals surface area (Å²) < 4.78 is 27.6. The lowest BCUT2D eigenvalue weighted by atomic mass is 10.1. The zero-order valence-electron chi connectivity index (χ0n) is 14.7. The molecule has 0 radical (unpaired) electrons. The Labute approximate surface area is 154 Å². The van der Waals surface area contributed by atoms with Crippen LogP contribution in [0.2, 0.25) is 0 Å². The lowest BCUT2D eigenvalue weighted by molar-refractivity contribution is 0.600. The fourth-order valence-corrected chi connectivity index (χ4v) is 3.91. The monoisotopic (exact) mass is 367 g/mol. The predicted molar refractivity (Wildman–Crippen MR) is 105 cm³/mol. The molecule has 0 spiro atoms. The van der Waals surface area contributed by atoms with Crippen molar-refractivity contribution in [1.29, 1.82) is 0 Å². The van der Waals surface area contributed by atoms with E-state index in [1.165, 1.54) is 17.3 Å². The highest BCUT2D eigenvalue weighted by molar-refractivity contribution is 7.92. The number of hydrogen-bond donors (Lipinski definition) is 2. The quantitative estimate of drug-likeness (QED) is 0.688. The Bertz CT molecular complexity index is 1000. The molecule has 0 unspecified atom stereocenters. The number of anilines is 2. The summed E-state index contributed by atoms with van der Waals surface area (Å²) in [6.07, 6.45) is 1.51. The molecule has 1 heterocycles. The molecule has 0 atom stereocenters. The van der Waals surface area contributed by atoms with Gasteiger partial charge in [-0.15, -0.1) is 0 Å². The highest BCUT2D eigenvalue weighted by Gasteiger charge is 2.16. The van der Waals surface area contributed by atoms with Gasteiger partial charge in [0.1, 0.15) is 5.82 Å². The predicted octanol–water partition coefficient (Wildman–Crippen LogP) is 4.11. The minimum absolute atomic E-state index is 0.266. The SMILES string of the molecule is Cc1ccccc1CNc1ccc(NS(=O)(=O)c2ccccc2C)cn1. The molecule has 0 aliphatic carbocycles. The second-order valence-electron chi connectivity index (χ2n) is 6.08. The molecule has 0 aliphatic rings. The fraction of sp³-hybridized carbons (Fsp3) is 0.150. The van der Waals surface area contributed by atoms with Crippen LogP contribution in [-0.4, -0.2) is 13.4 Å². The summed E-state index contributed by atoms with van der Waals surface area (Å²) >= 11 is 0. The molecule has 1 aromatic heterocycles. The molecule has 0 aliphatic heterocycles. The largest absolute Gasteiger partial charge is 0.366 e. The van der Waals surface area contributed by atoms with Gasteiger partial charge in [0.05, 0.1) is 16.8 Å². The van der Waals surface area contributed by atoms with Crippen molar-refractivity contribution in [2.24, 2.45) is 0 Å². The van der Waals surface area contributed by atoms with Crippen LogP contribution in [0, 0.1) is 13.8 Å². The first-order valence-corrected chi connectivity index (χ1v) is 9.77. The molecule has 3 rings (SSSR count). The van der Waals surface area contributed by atoms with E-state index in [4.69, 9.17) is 0 Å². The Morgan fingerprint density at radius 1 is 0.885 bits per heavy atom. The number of hydrogen-bond acceptors (Lipinski definition) is 4. The lowest BCUT2D eigenvalue weighted by Gasteiger charge is -2.11. The first kappa shape index (κ1) is 17.9. The van der Waals surface area contributed by atoms with Crippen molar-refractivity contribution < 1.29 is 8.42 Å². The molecule has 0 amide bonds. The topological polar surface area (TPSA) is 71.1 Å². The van der Waals surface area contributed by atoms with Gasteiger partial charge in [0.2, 0.25) is 0 Å². The standard InChI is InChI=1S/C20H21N3O2S/c1-15-7-3-5-9-17(15)13-21-20-12-11-18(14-22-20)23-26(24,25)19-10-6-4-8-16(19)2/h3-12,14,23H,13H2,1-2H3,(H,21,22). The van der Waals surface area contributed by atoms with Crippen molar-refractivity contribution in [3.63, 3.8) is 0 Å². The average Bonchev–Trinajstić information content (AvgIpc) is 2.62. The number of pyridine rings is 1. The number of sulfonamides is 1. The third kappa shape index (κ3) is 4.21. The molecule has 0 saturated carbocycles. The molecular formula is C20H21N3O2S. The summed E-state index contributed by atoms with van der Waals surface area (Å²) in [5.74, 6) is 0.687. The van der Waals surface area contributed by atoms with E-state index in [0.717, 1.165) is 0 Å². The Morgan fingerprint density at radius 3 is 2.23 bits per heavy atom. The van der Waals surface area contributed by atoms with Gasteiger partial charge in [0, 0.05) is 6.54 Å².